The van der Waals surface area contributed by atoms with Crippen LogP contribution in [0, 0.1) is 29.1 Å². The molecule has 202 valence electrons. The summed E-state index contributed by atoms with van der Waals surface area (Å²) >= 11 is 0. The Morgan fingerprint density at radius 1 is 1.17 bits per heavy atom. The molecule has 3 fully saturated rings. The van der Waals surface area contributed by atoms with Gasteiger partial charge in [-0.05, 0) is 86.9 Å². The molecular weight excluding hydrogens is 450 g/mol. The maximum Gasteiger partial charge on any atom is 0.180 e. The van der Waals surface area contributed by atoms with Gasteiger partial charge < -0.3 is 19.7 Å². The predicted octanol–water partition coefficient (Wildman–Crippen LogP) is 6.34. The van der Waals surface area contributed by atoms with Crippen molar-refractivity contribution >= 4 is 0 Å². The van der Waals surface area contributed by atoms with Crippen molar-refractivity contribution in [3.8, 4) is 0 Å². The summed E-state index contributed by atoms with van der Waals surface area (Å²) in [6.07, 6.45) is 18.4. The Balaban J connectivity index is 1.40. The number of rotatable bonds is 9. The number of aliphatic hydroxyl groups is 3. The quantitative estimate of drug-likeness (QED) is 0.369. The largest absolute Gasteiger partial charge is 0.451 e. The van der Waals surface area contributed by atoms with Crippen molar-refractivity contribution in [2.24, 2.45) is 29.1 Å². The monoisotopic (exact) mass is 499 g/mol. The normalized spacial score (nSPS) is 35.8. The van der Waals surface area contributed by atoms with Gasteiger partial charge in [-0.15, -0.1) is 0 Å². The van der Waals surface area contributed by atoms with Crippen LogP contribution in [0.4, 0.5) is 0 Å². The van der Waals surface area contributed by atoms with Crippen molar-refractivity contribution in [3.05, 3.63) is 41.6 Å². The zero-order valence-corrected chi connectivity index (χ0v) is 23.0. The Bertz CT molecular complexity index is 894. The van der Waals surface area contributed by atoms with E-state index >= 15 is 0 Å². The molecule has 0 bridgehead atoms. The van der Waals surface area contributed by atoms with Gasteiger partial charge >= 0.3 is 0 Å². The molecule has 0 aromatic carbocycles. The molecule has 1 heterocycles. The van der Waals surface area contributed by atoms with E-state index in [1.165, 1.54) is 50.5 Å². The van der Waals surface area contributed by atoms with Gasteiger partial charge in [-0.3, -0.25) is 0 Å². The molecule has 5 heteroatoms. The van der Waals surface area contributed by atoms with E-state index in [9.17, 15) is 15.3 Å². The minimum atomic E-state index is -0.406. The second kappa shape index (κ2) is 11.5. The van der Waals surface area contributed by atoms with Crippen LogP contribution in [0.2, 0.25) is 0 Å². The van der Waals surface area contributed by atoms with Gasteiger partial charge in [0.15, 0.2) is 6.39 Å². The molecule has 0 aliphatic heterocycles. The first-order valence-electron chi connectivity index (χ1n) is 14.4. The summed E-state index contributed by atoms with van der Waals surface area (Å²) in [4.78, 5) is 4.42. The summed E-state index contributed by atoms with van der Waals surface area (Å²) in [5, 5.41) is 30.5. The third-order valence-corrected chi connectivity index (χ3v) is 10.4. The van der Waals surface area contributed by atoms with Crippen LogP contribution in [0.5, 0.6) is 0 Å². The van der Waals surface area contributed by atoms with Crippen molar-refractivity contribution in [3.63, 3.8) is 0 Å². The number of hydrogen-bond donors (Lipinski definition) is 3. The fourth-order valence-corrected chi connectivity index (χ4v) is 8.20. The van der Waals surface area contributed by atoms with E-state index in [1.807, 2.05) is 0 Å². The molecule has 3 saturated carbocycles. The molecule has 2 unspecified atom stereocenters. The zero-order valence-electron chi connectivity index (χ0n) is 23.0. The van der Waals surface area contributed by atoms with Crippen LogP contribution < -0.4 is 0 Å². The zero-order chi connectivity index (χ0) is 25.9. The molecule has 0 amide bonds. The molecule has 1 aromatic heterocycles. The number of aromatic nitrogens is 1. The third-order valence-electron chi connectivity index (χ3n) is 10.4. The van der Waals surface area contributed by atoms with Gasteiger partial charge in [0.05, 0.1) is 24.5 Å². The molecule has 7 atom stereocenters. The average Bonchev–Trinajstić information content (AvgIpc) is 3.48. The molecular formula is C31H49NO4. The fraction of sp³-hybridized carbons (Fsp3) is 0.774. The molecule has 0 saturated heterocycles. The van der Waals surface area contributed by atoms with Crippen molar-refractivity contribution in [2.45, 2.75) is 116 Å². The Morgan fingerprint density at radius 3 is 2.56 bits per heavy atom. The Hall–Kier alpha value is -1.43. The molecule has 5 nitrogen and oxygen atoms in total. The smallest absolute Gasteiger partial charge is 0.180 e. The minimum absolute atomic E-state index is 0.104. The summed E-state index contributed by atoms with van der Waals surface area (Å²) in [7, 11) is 0. The number of nitrogens with zero attached hydrogens (tertiary/aromatic N) is 1. The summed E-state index contributed by atoms with van der Waals surface area (Å²) in [5.41, 5.74) is 3.68. The molecule has 3 aliphatic rings. The van der Waals surface area contributed by atoms with Gasteiger partial charge in [0, 0.05) is 5.41 Å². The van der Waals surface area contributed by atoms with Gasteiger partial charge in [-0.25, -0.2) is 4.98 Å². The van der Waals surface area contributed by atoms with Crippen LogP contribution in [0.1, 0.15) is 104 Å². The second-order valence-corrected chi connectivity index (χ2v) is 12.8. The molecule has 1 aromatic rings. The van der Waals surface area contributed by atoms with E-state index in [4.69, 9.17) is 4.42 Å². The number of aliphatic hydroxyl groups excluding tert-OH is 3. The minimum Gasteiger partial charge on any atom is -0.451 e. The summed E-state index contributed by atoms with van der Waals surface area (Å²) in [5.74, 6) is 2.33. The highest BCUT2D eigenvalue weighted by atomic mass is 16.3. The van der Waals surface area contributed by atoms with Gasteiger partial charge in [0.25, 0.3) is 0 Å². The van der Waals surface area contributed by atoms with E-state index in [2.05, 4.69) is 44.8 Å². The highest BCUT2D eigenvalue weighted by Crippen LogP contribution is 2.60. The molecule has 36 heavy (non-hydrogen) atoms. The van der Waals surface area contributed by atoms with Gasteiger partial charge in [-0.1, -0.05) is 63.8 Å². The first-order chi connectivity index (χ1) is 17.2. The van der Waals surface area contributed by atoms with Crippen LogP contribution in [0.25, 0.3) is 0 Å². The number of allylic oxidation sites excluding steroid dienone is 3. The lowest BCUT2D eigenvalue weighted by atomic mass is 9.60. The fourth-order valence-electron chi connectivity index (χ4n) is 8.20. The van der Waals surface area contributed by atoms with E-state index in [-0.39, 0.29) is 12.0 Å². The highest BCUT2D eigenvalue weighted by Gasteiger charge is 2.50. The van der Waals surface area contributed by atoms with Crippen LogP contribution in [-0.2, 0) is 5.41 Å². The van der Waals surface area contributed by atoms with Gasteiger partial charge in [0.1, 0.15) is 6.26 Å². The molecule has 0 spiro atoms. The van der Waals surface area contributed by atoms with E-state index in [1.54, 1.807) is 11.8 Å². The topological polar surface area (TPSA) is 86.7 Å². The standard InChI is InChI=1S/C31H49NO4/c1-21(2)31(19-33,29-18-36-20-32-29)14-5-7-22(3)27-11-12-28-24(8-6-13-30(27,28)4)10-9-23-15-25(34)17-26(35)16-23/h9-10,18,20-22,25-28,33-35H,5-8,11-17,19H2,1-4H3/b23-9?,24-10-/t22?,25-,26+,27-,28?,30-,31-/m1/s1. The van der Waals surface area contributed by atoms with Crippen LogP contribution >= 0.6 is 0 Å². The lowest BCUT2D eigenvalue weighted by Crippen LogP contribution is -2.38. The second-order valence-electron chi connectivity index (χ2n) is 12.8. The average molecular weight is 500 g/mol. The summed E-state index contributed by atoms with van der Waals surface area (Å²) < 4.78 is 5.28. The van der Waals surface area contributed by atoms with Crippen molar-refractivity contribution in [1.82, 2.24) is 4.98 Å². The van der Waals surface area contributed by atoms with Crippen LogP contribution in [0.3, 0.4) is 0 Å². The summed E-state index contributed by atoms with van der Waals surface area (Å²) in [6, 6.07) is 0. The number of hydrogen-bond acceptors (Lipinski definition) is 5. The maximum atomic E-state index is 10.4. The first kappa shape index (κ1) is 27.6. The van der Waals surface area contributed by atoms with Gasteiger partial charge in [-0.2, -0.15) is 0 Å². The third kappa shape index (κ3) is 5.54. The van der Waals surface area contributed by atoms with Crippen molar-refractivity contribution in [2.75, 3.05) is 6.61 Å². The van der Waals surface area contributed by atoms with E-state index in [0.29, 0.717) is 42.4 Å². The Morgan fingerprint density at radius 2 is 1.92 bits per heavy atom. The molecule has 3 aliphatic carbocycles. The maximum absolute atomic E-state index is 10.4. The van der Waals surface area contributed by atoms with E-state index < -0.39 is 12.2 Å². The number of oxazole rings is 1. The molecule has 0 radical (unpaired) electrons. The van der Waals surface area contributed by atoms with Crippen molar-refractivity contribution in [1.29, 1.82) is 0 Å². The SMILES string of the molecule is CC(CCC[C@](CO)(c1cocn1)C(C)C)[C@H]1CCC2/C(=C\C=C3C[C@@H](O)C[C@@H](O)C3)CCC[C@@]21C. The lowest BCUT2D eigenvalue weighted by molar-refractivity contribution is 0.0609. The molecule has 3 N–H and O–H groups in total. The first-order valence-corrected chi connectivity index (χ1v) is 14.4. The lowest BCUT2D eigenvalue weighted by Gasteiger charge is -2.44. The van der Waals surface area contributed by atoms with Gasteiger partial charge in [0.2, 0.25) is 0 Å². The van der Waals surface area contributed by atoms with Crippen LogP contribution in [-0.4, -0.2) is 39.1 Å². The summed E-state index contributed by atoms with van der Waals surface area (Å²) in [6.45, 7) is 9.46. The van der Waals surface area contributed by atoms with Crippen LogP contribution in [0.15, 0.2) is 40.4 Å². The highest BCUT2D eigenvalue weighted by molar-refractivity contribution is 5.26. The predicted molar refractivity (Wildman–Crippen MR) is 143 cm³/mol. The number of fused-ring (bicyclic) bond motifs is 1. The van der Waals surface area contributed by atoms with E-state index in [0.717, 1.165) is 24.5 Å². The Labute approximate surface area is 218 Å². The molecule has 4 rings (SSSR count). The van der Waals surface area contributed by atoms with Crippen molar-refractivity contribution < 1.29 is 19.7 Å². The Kier molecular flexibility index (Phi) is 8.84.